The SMILES string of the molecule is COc1ccc2c(c1C)O/C(=C\c1ccc(-c3ccccc3)cc1)C2=O. The average Bonchev–Trinajstić information content (AvgIpc) is 3.00. The fourth-order valence-corrected chi connectivity index (χ4v) is 3.14. The zero-order chi connectivity index (χ0) is 18.1. The smallest absolute Gasteiger partial charge is 0.231 e. The number of fused-ring (bicyclic) bond motifs is 1. The Labute approximate surface area is 152 Å². The van der Waals surface area contributed by atoms with Gasteiger partial charge >= 0.3 is 0 Å². The van der Waals surface area contributed by atoms with Crippen molar-refractivity contribution in [3.63, 3.8) is 0 Å². The first kappa shape index (κ1) is 16.2. The molecule has 0 N–H and O–H groups in total. The Morgan fingerprint density at radius 3 is 2.27 bits per heavy atom. The molecule has 3 nitrogen and oxygen atoms in total. The standard InChI is InChI=1S/C23H18O3/c1-15-20(25-2)13-12-19-22(24)21(26-23(15)19)14-16-8-10-18(11-9-16)17-6-4-3-5-7-17/h3-14H,1-2H3/b21-14-. The average molecular weight is 342 g/mol. The van der Waals surface area contributed by atoms with Crippen molar-refractivity contribution in [2.45, 2.75) is 6.92 Å². The molecule has 0 saturated carbocycles. The van der Waals surface area contributed by atoms with Crippen molar-refractivity contribution in [1.82, 2.24) is 0 Å². The molecule has 0 bridgehead atoms. The van der Waals surface area contributed by atoms with Crippen molar-refractivity contribution in [1.29, 1.82) is 0 Å². The molecule has 0 atom stereocenters. The molecule has 3 heteroatoms. The van der Waals surface area contributed by atoms with Crippen molar-refractivity contribution in [3.05, 3.63) is 89.2 Å². The largest absolute Gasteiger partial charge is 0.496 e. The molecular weight excluding hydrogens is 324 g/mol. The number of carbonyl (C=O) groups is 1. The molecule has 1 heterocycles. The van der Waals surface area contributed by atoms with Gasteiger partial charge in [0.15, 0.2) is 5.76 Å². The lowest BCUT2D eigenvalue weighted by molar-refractivity contribution is 0.101. The normalized spacial score (nSPS) is 14.2. The number of hydrogen-bond donors (Lipinski definition) is 0. The third kappa shape index (κ3) is 2.78. The molecule has 0 saturated heterocycles. The van der Waals surface area contributed by atoms with Gasteiger partial charge in [0.1, 0.15) is 11.5 Å². The van der Waals surface area contributed by atoms with Crippen molar-refractivity contribution >= 4 is 11.9 Å². The monoisotopic (exact) mass is 342 g/mol. The van der Waals surface area contributed by atoms with Gasteiger partial charge in [-0.2, -0.15) is 0 Å². The number of benzene rings is 3. The zero-order valence-electron chi connectivity index (χ0n) is 14.7. The lowest BCUT2D eigenvalue weighted by Gasteiger charge is -2.07. The van der Waals surface area contributed by atoms with E-state index in [0.29, 0.717) is 22.8 Å². The van der Waals surface area contributed by atoms with Crippen LogP contribution in [0.3, 0.4) is 0 Å². The summed E-state index contributed by atoms with van der Waals surface area (Å²) in [5.74, 6) is 1.54. The van der Waals surface area contributed by atoms with Crippen LogP contribution in [0.1, 0.15) is 21.5 Å². The van der Waals surface area contributed by atoms with E-state index in [4.69, 9.17) is 9.47 Å². The molecule has 1 aliphatic heterocycles. The van der Waals surface area contributed by atoms with Gasteiger partial charge in [-0.1, -0.05) is 54.6 Å². The number of Topliss-reactive ketones (excluding diaryl/α,β-unsaturated/α-hetero) is 1. The van der Waals surface area contributed by atoms with E-state index in [9.17, 15) is 4.79 Å². The Morgan fingerprint density at radius 1 is 0.885 bits per heavy atom. The second-order valence-electron chi connectivity index (χ2n) is 6.20. The summed E-state index contributed by atoms with van der Waals surface area (Å²) in [6.45, 7) is 1.89. The van der Waals surface area contributed by atoms with E-state index in [1.54, 1.807) is 25.3 Å². The van der Waals surface area contributed by atoms with Crippen molar-refractivity contribution in [3.8, 4) is 22.6 Å². The van der Waals surface area contributed by atoms with E-state index in [1.807, 2.05) is 49.4 Å². The summed E-state index contributed by atoms with van der Waals surface area (Å²) in [7, 11) is 1.61. The van der Waals surface area contributed by atoms with E-state index in [-0.39, 0.29) is 5.78 Å². The molecule has 0 unspecified atom stereocenters. The van der Waals surface area contributed by atoms with Crippen molar-refractivity contribution < 1.29 is 14.3 Å². The first-order valence-electron chi connectivity index (χ1n) is 8.44. The van der Waals surface area contributed by atoms with Gasteiger partial charge in [0.25, 0.3) is 0 Å². The van der Waals surface area contributed by atoms with E-state index in [0.717, 1.165) is 22.3 Å². The maximum absolute atomic E-state index is 12.6. The quantitative estimate of drug-likeness (QED) is 0.607. The van der Waals surface area contributed by atoms with Crippen LogP contribution in [0.2, 0.25) is 0 Å². The molecule has 3 aromatic rings. The zero-order valence-corrected chi connectivity index (χ0v) is 14.7. The molecule has 26 heavy (non-hydrogen) atoms. The second kappa shape index (κ2) is 6.52. The summed E-state index contributed by atoms with van der Waals surface area (Å²) in [5.41, 5.74) is 4.63. The maximum atomic E-state index is 12.6. The molecule has 0 amide bonds. The van der Waals surface area contributed by atoms with Gasteiger partial charge < -0.3 is 9.47 Å². The highest BCUT2D eigenvalue weighted by atomic mass is 16.5. The molecule has 0 aromatic heterocycles. The highest BCUT2D eigenvalue weighted by Gasteiger charge is 2.29. The minimum atomic E-state index is -0.0992. The number of allylic oxidation sites excluding steroid dienone is 1. The van der Waals surface area contributed by atoms with E-state index in [2.05, 4.69) is 12.1 Å². The minimum absolute atomic E-state index is 0.0992. The number of carbonyl (C=O) groups excluding carboxylic acids is 1. The van der Waals surface area contributed by atoms with Gasteiger partial charge in [-0.15, -0.1) is 0 Å². The van der Waals surface area contributed by atoms with Crippen LogP contribution in [0, 0.1) is 6.92 Å². The third-order valence-electron chi connectivity index (χ3n) is 4.57. The number of ketones is 1. The molecule has 0 fully saturated rings. The van der Waals surface area contributed by atoms with Gasteiger partial charge in [0.2, 0.25) is 5.78 Å². The number of rotatable bonds is 3. The lowest BCUT2D eigenvalue weighted by Crippen LogP contribution is -1.97. The Hall–Kier alpha value is -3.33. The van der Waals surface area contributed by atoms with E-state index >= 15 is 0 Å². The van der Waals surface area contributed by atoms with Gasteiger partial charge in [-0.25, -0.2) is 0 Å². The Morgan fingerprint density at radius 2 is 1.58 bits per heavy atom. The fourth-order valence-electron chi connectivity index (χ4n) is 3.14. The first-order chi connectivity index (χ1) is 12.7. The number of hydrogen-bond acceptors (Lipinski definition) is 3. The van der Waals surface area contributed by atoms with Crippen LogP contribution in [-0.2, 0) is 0 Å². The van der Waals surface area contributed by atoms with E-state index < -0.39 is 0 Å². The highest BCUT2D eigenvalue weighted by molar-refractivity contribution is 6.15. The third-order valence-corrected chi connectivity index (χ3v) is 4.57. The lowest BCUT2D eigenvalue weighted by atomic mass is 10.0. The number of methoxy groups -OCH3 is 1. The second-order valence-corrected chi connectivity index (χ2v) is 6.20. The molecule has 128 valence electrons. The molecule has 0 spiro atoms. The molecule has 1 aliphatic rings. The van der Waals surface area contributed by atoms with Crippen LogP contribution in [0.5, 0.6) is 11.5 Å². The van der Waals surface area contributed by atoms with Crippen LogP contribution in [0.25, 0.3) is 17.2 Å². The van der Waals surface area contributed by atoms with Gasteiger partial charge in [-0.05, 0) is 41.8 Å². The van der Waals surface area contributed by atoms with Crippen LogP contribution in [0.4, 0.5) is 0 Å². The van der Waals surface area contributed by atoms with Crippen LogP contribution >= 0.6 is 0 Å². The minimum Gasteiger partial charge on any atom is -0.496 e. The first-order valence-corrected chi connectivity index (χ1v) is 8.44. The topological polar surface area (TPSA) is 35.5 Å². The Balaban J connectivity index is 1.63. The summed E-state index contributed by atoms with van der Waals surface area (Å²) in [6.07, 6.45) is 1.78. The Bertz CT molecular complexity index is 1000. The summed E-state index contributed by atoms with van der Waals surface area (Å²) in [6, 6.07) is 21.8. The van der Waals surface area contributed by atoms with Gasteiger partial charge in [-0.3, -0.25) is 4.79 Å². The molecule has 0 radical (unpaired) electrons. The maximum Gasteiger partial charge on any atom is 0.231 e. The fraction of sp³-hybridized carbons (Fsp3) is 0.0870. The van der Waals surface area contributed by atoms with E-state index in [1.165, 1.54) is 0 Å². The molecule has 3 aromatic carbocycles. The molecule has 0 aliphatic carbocycles. The molecule has 4 rings (SSSR count). The summed E-state index contributed by atoms with van der Waals surface area (Å²) in [4.78, 5) is 12.6. The molecular formula is C23H18O3. The van der Waals surface area contributed by atoms with Gasteiger partial charge in [0.05, 0.1) is 12.7 Å². The van der Waals surface area contributed by atoms with Gasteiger partial charge in [0, 0.05) is 5.56 Å². The summed E-state index contributed by atoms with van der Waals surface area (Å²) < 4.78 is 11.1. The van der Waals surface area contributed by atoms with Crippen molar-refractivity contribution in [2.75, 3.05) is 7.11 Å². The predicted octanol–water partition coefficient (Wildman–Crippen LogP) is 5.29. The predicted molar refractivity (Wildman–Crippen MR) is 103 cm³/mol. The van der Waals surface area contributed by atoms with Crippen LogP contribution < -0.4 is 9.47 Å². The summed E-state index contributed by atoms with van der Waals surface area (Å²) >= 11 is 0. The number of ether oxygens (including phenoxy) is 2. The Kier molecular flexibility index (Phi) is 4.05. The van der Waals surface area contributed by atoms with Crippen LogP contribution in [-0.4, -0.2) is 12.9 Å². The highest BCUT2D eigenvalue weighted by Crippen LogP contribution is 2.39. The summed E-state index contributed by atoms with van der Waals surface area (Å²) in [5, 5.41) is 0. The van der Waals surface area contributed by atoms with Crippen LogP contribution in [0.15, 0.2) is 72.5 Å². The van der Waals surface area contributed by atoms with Crippen molar-refractivity contribution in [2.24, 2.45) is 0 Å².